The van der Waals surface area contributed by atoms with Gasteiger partial charge in [-0.15, -0.1) is 0 Å². The maximum absolute atomic E-state index is 12.0. The molecule has 0 spiro atoms. The Morgan fingerprint density at radius 2 is 2.11 bits per heavy atom. The fourth-order valence-electron chi connectivity index (χ4n) is 2.25. The molecule has 1 fully saturated rings. The zero-order chi connectivity index (χ0) is 12.5. The zero-order valence-electron chi connectivity index (χ0n) is 9.77. The van der Waals surface area contributed by atoms with E-state index in [2.05, 4.69) is 5.32 Å². The summed E-state index contributed by atoms with van der Waals surface area (Å²) < 4.78 is 10.4. The quantitative estimate of drug-likeness (QED) is 0.854. The Bertz CT molecular complexity index is 512. The Labute approximate surface area is 104 Å². The summed E-state index contributed by atoms with van der Waals surface area (Å²) in [5.41, 5.74) is 0.485. The van der Waals surface area contributed by atoms with E-state index in [0.29, 0.717) is 23.5 Å². The summed E-state index contributed by atoms with van der Waals surface area (Å²) in [4.78, 5) is 23.5. The Hall–Kier alpha value is -2.04. The van der Waals surface area contributed by atoms with Crippen LogP contribution in [0.4, 0.5) is 0 Å². The lowest BCUT2D eigenvalue weighted by atomic mass is 10.1. The van der Waals surface area contributed by atoms with Gasteiger partial charge in [0.15, 0.2) is 17.3 Å². The fourth-order valence-corrected chi connectivity index (χ4v) is 2.25. The molecule has 1 aliphatic carbocycles. The first-order valence-corrected chi connectivity index (χ1v) is 5.97. The van der Waals surface area contributed by atoms with Crippen LogP contribution in [0.1, 0.15) is 29.6 Å². The SMILES string of the molecule is O=C(NC1CCCC1=O)c1ccc2c(c1)OCO2. The summed E-state index contributed by atoms with van der Waals surface area (Å²) in [5.74, 6) is 1.08. The predicted molar refractivity (Wildman–Crippen MR) is 62.7 cm³/mol. The third-order valence-corrected chi connectivity index (χ3v) is 3.24. The summed E-state index contributed by atoms with van der Waals surface area (Å²) in [6.07, 6.45) is 2.14. The molecule has 1 aromatic carbocycles. The lowest BCUT2D eigenvalue weighted by Gasteiger charge is -2.11. The zero-order valence-corrected chi connectivity index (χ0v) is 9.77. The van der Waals surface area contributed by atoms with E-state index >= 15 is 0 Å². The van der Waals surface area contributed by atoms with Crippen molar-refractivity contribution in [2.75, 3.05) is 6.79 Å². The average molecular weight is 247 g/mol. The minimum atomic E-state index is -0.331. The number of fused-ring (bicyclic) bond motifs is 1. The summed E-state index contributed by atoms with van der Waals surface area (Å²) in [6, 6.07) is 4.68. The number of nitrogens with one attached hydrogen (secondary N) is 1. The molecule has 1 unspecified atom stereocenters. The Morgan fingerprint density at radius 1 is 1.28 bits per heavy atom. The van der Waals surface area contributed by atoms with E-state index in [1.807, 2.05) is 0 Å². The van der Waals surface area contributed by atoms with Gasteiger partial charge >= 0.3 is 0 Å². The number of hydrogen-bond donors (Lipinski definition) is 1. The number of ketones is 1. The van der Waals surface area contributed by atoms with Gasteiger partial charge in [-0.1, -0.05) is 0 Å². The summed E-state index contributed by atoms with van der Waals surface area (Å²) in [7, 11) is 0. The van der Waals surface area contributed by atoms with Crippen LogP contribution in [0.5, 0.6) is 11.5 Å². The van der Waals surface area contributed by atoms with Gasteiger partial charge in [-0.05, 0) is 31.0 Å². The first-order valence-electron chi connectivity index (χ1n) is 5.97. The largest absolute Gasteiger partial charge is 0.454 e. The van der Waals surface area contributed by atoms with Crippen molar-refractivity contribution >= 4 is 11.7 Å². The Kier molecular flexibility index (Phi) is 2.66. The average Bonchev–Trinajstić information content (AvgIpc) is 2.98. The number of benzene rings is 1. The van der Waals surface area contributed by atoms with Crippen LogP contribution in [0.15, 0.2) is 18.2 Å². The topological polar surface area (TPSA) is 64.6 Å². The molecule has 18 heavy (non-hydrogen) atoms. The number of Topliss-reactive ketones (excluding diaryl/α,β-unsaturated/α-hetero) is 1. The second kappa shape index (κ2) is 4.33. The molecule has 5 heteroatoms. The number of ether oxygens (including phenoxy) is 2. The molecular formula is C13H13NO4. The lowest BCUT2D eigenvalue weighted by Crippen LogP contribution is -2.37. The van der Waals surface area contributed by atoms with Crippen molar-refractivity contribution in [1.82, 2.24) is 5.32 Å². The lowest BCUT2D eigenvalue weighted by molar-refractivity contribution is -0.118. The molecule has 5 nitrogen and oxygen atoms in total. The highest BCUT2D eigenvalue weighted by Crippen LogP contribution is 2.32. The second-order valence-corrected chi connectivity index (χ2v) is 4.45. The number of carbonyl (C=O) groups is 2. The van der Waals surface area contributed by atoms with E-state index in [-0.39, 0.29) is 24.5 Å². The van der Waals surface area contributed by atoms with Crippen LogP contribution >= 0.6 is 0 Å². The van der Waals surface area contributed by atoms with Crippen molar-refractivity contribution in [3.8, 4) is 11.5 Å². The van der Waals surface area contributed by atoms with Crippen LogP contribution in [-0.4, -0.2) is 24.5 Å². The fraction of sp³-hybridized carbons (Fsp3) is 0.385. The first-order chi connectivity index (χ1) is 8.74. The standard InChI is InChI=1S/C13H13NO4/c15-10-3-1-2-9(10)14-13(16)8-4-5-11-12(6-8)18-7-17-11/h4-6,9H,1-3,7H2,(H,14,16). The van der Waals surface area contributed by atoms with Crippen LogP contribution in [-0.2, 0) is 4.79 Å². The molecule has 0 radical (unpaired) electrons. The molecule has 0 bridgehead atoms. The maximum atomic E-state index is 12.0. The normalized spacial score (nSPS) is 21.1. The van der Waals surface area contributed by atoms with E-state index in [1.165, 1.54) is 0 Å². The van der Waals surface area contributed by atoms with Gasteiger partial charge in [0.1, 0.15) is 0 Å². The molecule has 1 aliphatic heterocycles. The van der Waals surface area contributed by atoms with Crippen molar-refractivity contribution in [2.24, 2.45) is 0 Å². The van der Waals surface area contributed by atoms with Crippen LogP contribution in [0, 0.1) is 0 Å². The van der Waals surface area contributed by atoms with Crippen LogP contribution in [0.3, 0.4) is 0 Å². The van der Waals surface area contributed by atoms with Gasteiger partial charge in [0.05, 0.1) is 6.04 Å². The molecule has 1 N–H and O–H groups in total. The van der Waals surface area contributed by atoms with Gasteiger partial charge in [0, 0.05) is 12.0 Å². The molecule has 1 amide bonds. The second-order valence-electron chi connectivity index (χ2n) is 4.45. The molecule has 1 heterocycles. The number of hydrogen-bond acceptors (Lipinski definition) is 4. The van der Waals surface area contributed by atoms with Gasteiger partial charge in [0.25, 0.3) is 5.91 Å². The number of amides is 1. The van der Waals surface area contributed by atoms with Crippen LogP contribution < -0.4 is 14.8 Å². The molecule has 3 rings (SSSR count). The molecule has 0 aromatic heterocycles. The van der Waals surface area contributed by atoms with E-state index < -0.39 is 0 Å². The molecule has 2 aliphatic rings. The van der Waals surface area contributed by atoms with Crippen molar-refractivity contribution in [3.05, 3.63) is 23.8 Å². The van der Waals surface area contributed by atoms with Crippen LogP contribution in [0.25, 0.3) is 0 Å². The van der Waals surface area contributed by atoms with Gasteiger partial charge in [-0.25, -0.2) is 0 Å². The highest BCUT2D eigenvalue weighted by atomic mass is 16.7. The smallest absolute Gasteiger partial charge is 0.252 e. The van der Waals surface area contributed by atoms with E-state index in [9.17, 15) is 9.59 Å². The van der Waals surface area contributed by atoms with E-state index in [1.54, 1.807) is 18.2 Å². The Balaban J connectivity index is 1.74. The van der Waals surface area contributed by atoms with Crippen molar-refractivity contribution < 1.29 is 19.1 Å². The van der Waals surface area contributed by atoms with Crippen molar-refractivity contribution in [3.63, 3.8) is 0 Å². The number of rotatable bonds is 2. The molecular weight excluding hydrogens is 234 g/mol. The molecule has 1 aromatic rings. The molecule has 1 saturated carbocycles. The highest BCUT2D eigenvalue weighted by Gasteiger charge is 2.26. The van der Waals surface area contributed by atoms with Crippen molar-refractivity contribution in [1.29, 1.82) is 0 Å². The highest BCUT2D eigenvalue weighted by molar-refractivity contribution is 5.98. The first kappa shape index (κ1) is 11.1. The Morgan fingerprint density at radius 3 is 2.89 bits per heavy atom. The van der Waals surface area contributed by atoms with Crippen molar-refractivity contribution in [2.45, 2.75) is 25.3 Å². The monoisotopic (exact) mass is 247 g/mol. The van der Waals surface area contributed by atoms with Gasteiger partial charge in [-0.2, -0.15) is 0 Å². The third kappa shape index (κ3) is 1.92. The van der Waals surface area contributed by atoms with Gasteiger partial charge in [-0.3, -0.25) is 9.59 Å². The van der Waals surface area contributed by atoms with Gasteiger partial charge < -0.3 is 14.8 Å². The summed E-state index contributed by atoms with van der Waals surface area (Å²) >= 11 is 0. The van der Waals surface area contributed by atoms with E-state index in [4.69, 9.17) is 9.47 Å². The maximum Gasteiger partial charge on any atom is 0.252 e. The molecule has 0 saturated heterocycles. The number of carbonyl (C=O) groups excluding carboxylic acids is 2. The summed E-state index contributed by atoms with van der Waals surface area (Å²) in [6.45, 7) is 0.182. The predicted octanol–water partition coefficient (Wildman–Crippen LogP) is 1.27. The summed E-state index contributed by atoms with van der Waals surface area (Å²) in [5, 5.41) is 2.75. The third-order valence-electron chi connectivity index (χ3n) is 3.24. The minimum absolute atomic E-state index is 0.115. The van der Waals surface area contributed by atoms with E-state index in [0.717, 1.165) is 12.8 Å². The minimum Gasteiger partial charge on any atom is -0.454 e. The van der Waals surface area contributed by atoms with Gasteiger partial charge in [0.2, 0.25) is 6.79 Å². The molecule has 94 valence electrons. The molecule has 1 atom stereocenters. The van der Waals surface area contributed by atoms with Crippen LogP contribution in [0.2, 0.25) is 0 Å².